The lowest BCUT2D eigenvalue weighted by Crippen LogP contribution is -2.39. The zero-order valence-corrected chi connectivity index (χ0v) is 15.4. The summed E-state index contributed by atoms with van der Waals surface area (Å²) in [5, 5.41) is 2.85. The molecule has 0 saturated carbocycles. The van der Waals surface area contributed by atoms with Gasteiger partial charge in [-0.3, -0.25) is 9.59 Å². The van der Waals surface area contributed by atoms with Gasteiger partial charge in [0.1, 0.15) is 0 Å². The maximum Gasteiger partial charge on any atom is 0.243 e. The largest absolute Gasteiger partial charge is 0.336 e. The Morgan fingerprint density at radius 2 is 1.79 bits per heavy atom. The number of nitrogens with zero attached hydrogens (tertiary/aromatic N) is 1. The van der Waals surface area contributed by atoms with Gasteiger partial charge in [0.25, 0.3) is 0 Å². The molecular formula is C17H24N2O4S. The van der Waals surface area contributed by atoms with Gasteiger partial charge in [-0.1, -0.05) is 17.7 Å². The average molecular weight is 352 g/mol. The number of aryl methyl sites for hydroxylation is 3. The second-order valence-corrected chi connectivity index (χ2v) is 8.84. The number of carbonyl (C=O) groups is 2. The quantitative estimate of drug-likeness (QED) is 0.889. The molecule has 0 aromatic heterocycles. The molecule has 1 saturated heterocycles. The summed E-state index contributed by atoms with van der Waals surface area (Å²) in [5.74, 6) is -1.18. The molecule has 24 heavy (non-hydrogen) atoms. The molecule has 1 fully saturated rings. The summed E-state index contributed by atoms with van der Waals surface area (Å²) in [5.41, 5.74) is 3.82. The normalized spacial score (nSPS) is 19.1. The van der Waals surface area contributed by atoms with Crippen LogP contribution in [0.25, 0.3) is 0 Å². The number of amides is 2. The maximum atomic E-state index is 12.3. The van der Waals surface area contributed by atoms with Gasteiger partial charge in [-0.05, 0) is 38.3 Å². The minimum Gasteiger partial charge on any atom is -0.336 e. The second-order valence-electron chi connectivity index (χ2n) is 6.62. The molecule has 2 amide bonds. The van der Waals surface area contributed by atoms with Crippen molar-refractivity contribution in [2.24, 2.45) is 5.92 Å². The van der Waals surface area contributed by atoms with E-state index >= 15 is 0 Å². The Morgan fingerprint density at radius 1 is 1.21 bits per heavy atom. The van der Waals surface area contributed by atoms with E-state index in [-0.39, 0.29) is 29.9 Å². The molecule has 7 heteroatoms. The van der Waals surface area contributed by atoms with Crippen molar-refractivity contribution in [1.29, 1.82) is 0 Å². The van der Waals surface area contributed by atoms with Crippen LogP contribution in [-0.4, -0.2) is 50.2 Å². The molecule has 0 radical (unpaired) electrons. The summed E-state index contributed by atoms with van der Waals surface area (Å²) >= 11 is 0. The van der Waals surface area contributed by atoms with Crippen LogP contribution in [0, 0.1) is 26.7 Å². The summed E-state index contributed by atoms with van der Waals surface area (Å²) in [7, 11) is -1.58. The lowest BCUT2D eigenvalue weighted by Gasteiger charge is -2.21. The first-order chi connectivity index (χ1) is 11.1. The molecule has 0 spiro atoms. The molecule has 2 rings (SSSR count). The minimum atomic E-state index is -3.11. The highest BCUT2D eigenvalue weighted by atomic mass is 32.2. The molecule has 132 valence electrons. The third-order valence-corrected chi connectivity index (χ3v) is 6.05. The standard InChI is InChI=1S/C17H24N2O4S/c1-11-7-12(2)16(13(3)8-11)18-15(20)9-19(4)17(21)14-5-6-24(22,23)10-14/h7-8,14H,5-6,9-10H2,1-4H3,(H,18,20). The number of hydrogen-bond acceptors (Lipinski definition) is 4. The summed E-state index contributed by atoms with van der Waals surface area (Å²) in [6.07, 6.45) is 0.337. The van der Waals surface area contributed by atoms with Gasteiger partial charge < -0.3 is 10.2 Å². The molecule has 1 unspecified atom stereocenters. The molecule has 6 nitrogen and oxygen atoms in total. The van der Waals surface area contributed by atoms with Crippen molar-refractivity contribution < 1.29 is 18.0 Å². The molecule has 1 aliphatic heterocycles. The zero-order chi connectivity index (χ0) is 18.1. The number of rotatable bonds is 4. The third kappa shape index (κ3) is 4.35. The topological polar surface area (TPSA) is 83.6 Å². The fraction of sp³-hybridized carbons (Fsp3) is 0.529. The van der Waals surface area contributed by atoms with Gasteiger partial charge >= 0.3 is 0 Å². The van der Waals surface area contributed by atoms with Crippen LogP contribution in [0.4, 0.5) is 5.69 Å². The van der Waals surface area contributed by atoms with E-state index < -0.39 is 15.8 Å². The Bertz CT molecular complexity index is 748. The molecular weight excluding hydrogens is 328 g/mol. The first-order valence-corrected chi connectivity index (χ1v) is 9.74. The second kappa shape index (κ2) is 6.93. The SMILES string of the molecule is Cc1cc(C)c(NC(=O)CN(C)C(=O)C2CCS(=O)(=O)C2)c(C)c1. The lowest BCUT2D eigenvalue weighted by molar-refractivity contribution is -0.136. The number of benzene rings is 1. The van der Waals surface area contributed by atoms with E-state index in [4.69, 9.17) is 0 Å². The zero-order valence-electron chi connectivity index (χ0n) is 14.5. The van der Waals surface area contributed by atoms with Crippen LogP contribution in [0.2, 0.25) is 0 Å². The van der Waals surface area contributed by atoms with Crippen molar-refractivity contribution >= 4 is 27.3 Å². The van der Waals surface area contributed by atoms with Crippen molar-refractivity contribution in [3.05, 3.63) is 28.8 Å². The molecule has 1 heterocycles. The van der Waals surface area contributed by atoms with Gasteiger partial charge in [0.2, 0.25) is 11.8 Å². The highest BCUT2D eigenvalue weighted by molar-refractivity contribution is 7.91. The van der Waals surface area contributed by atoms with Gasteiger partial charge in [-0.15, -0.1) is 0 Å². The predicted molar refractivity (Wildman–Crippen MR) is 93.7 cm³/mol. The molecule has 1 N–H and O–H groups in total. The van der Waals surface area contributed by atoms with Crippen molar-refractivity contribution in [3.63, 3.8) is 0 Å². The first kappa shape index (κ1) is 18.4. The summed E-state index contributed by atoms with van der Waals surface area (Å²) < 4.78 is 23.0. The summed E-state index contributed by atoms with van der Waals surface area (Å²) in [6.45, 7) is 5.75. The van der Waals surface area contributed by atoms with E-state index in [0.29, 0.717) is 6.42 Å². The Labute approximate surface area is 143 Å². The Kier molecular flexibility index (Phi) is 5.32. The number of anilines is 1. The lowest BCUT2D eigenvalue weighted by atomic mass is 10.1. The van der Waals surface area contributed by atoms with Crippen LogP contribution < -0.4 is 5.32 Å². The van der Waals surface area contributed by atoms with Crippen LogP contribution in [0.5, 0.6) is 0 Å². The number of sulfone groups is 1. The molecule has 1 aromatic rings. The Hall–Kier alpha value is -1.89. The predicted octanol–water partition coefficient (Wildman–Crippen LogP) is 1.44. The maximum absolute atomic E-state index is 12.3. The summed E-state index contributed by atoms with van der Waals surface area (Å²) in [4.78, 5) is 25.8. The van der Waals surface area contributed by atoms with Crippen molar-refractivity contribution in [1.82, 2.24) is 4.90 Å². The number of likely N-dealkylation sites (N-methyl/N-ethyl adjacent to an activating group) is 1. The van der Waals surface area contributed by atoms with Crippen molar-refractivity contribution in [2.75, 3.05) is 30.4 Å². The highest BCUT2D eigenvalue weighted by Gasteiger charge is 2.34. The van der Waals surface area contributed by atoms with Gasteiger partial charge in [-0.2, -0.15) is 0 Å². The summed E-state index contributed by atoms with van der Waals surface area (Å²) in [6, 6.07) is 3.97. The molecule has 1 aromatic carbocycles. The Morgan fingerprint density at radius 3 is 2.29 bits per heavy atom. The van der Waals surface area contributed by atoms with Crippen molar-refractivity contribution in [2.45, 2.75) is 27.2 Å². The van der Waals surface area contributed by atoms with E-state index in [1.165, 1.54) is 11.9 Å². The molecule has 1 atom stereocenters. The molecule has 0 aliphatic carbocycles. The molecule has 0 bridgehead atoms. The number of hydrogen-bond donors (Lipinski definition) is 1. The van der Waals surface area contributed by atoms with Gasteiger partial charge in [0.05, 0.1) is 24.0 Å². The van der Waals surface area contributed by atoms with Crippen LogP contribution in [0.3, 0.4) is 0 Å². The first-order valence-electron chi connectivity index (χ1n) is 7.92. The monoisotopic (exact) mass is 352 g/mol. The van der Waals surface area contributed by atoms with E-state index in [9.17, 15) is 18.0 Å². The van der Waals surface area contributed by atoms with E-state index in [1.54, 1.807) is 0 Å². The van der Waals surface area contributed by atoms with E-state index in [1.807, 2.05) is 32.9 Å². The van der Waals surface area contributed by atoms with Crippen molar-refractivity contribution in [3.8, 4) is 0 Å². The van der Waals surface area contributed by atoms with Gasteiger partial charge in [0.15, 0.2) is 9.84 Å². The smallest absolute Gasteiger partial charge is 0.243 e. The third-order valence-electron chi connectivity index (χ3n) is 4.28. The van der Waals surface area contributed by atoms with Crippen LogP contribution in [0.1, 0.15) is 23.1 Å². The Balaban J connectivity index is 1.98. The number of nitrogens with one attached hydrogen (secondary N) is 1. The fourth-order valence-electron chi connectivity index (χ4n) is 3.15. The number of carbonyl (C=O) groups excluding carboxylic acids is 2. The van der Waals surface area contributed by atoms with Gasteiger partial charge in [0, 0.05) is 12.7 Å². The van der Waals surface area contributed by atoms with Crippen LogP contribution in [-0.2, 0) is 19.4 Å². The molecule has 1 aliphatic rings. The van der Waals surface area contributed by atoms with Crippen LogP contribution >= 0.6 is 0 Å². The van der Waals surface area contributed by atoms with E-state index in [2.05, 4.69) is 5.32 Å². The minimum absolute atomic E-state index is 0.0468. The van der Waals surface area contributed by atoms with Gasteiger partial charge in [-0.25, -0.2) is 8.42 Å². The highest BCUT2D eigenvalue weighted by Crippen LogP contribution is 2.22. The van der Waals surface area contributed by atoms with Crippen LogP contribution in [0.15, 0.2) is 12.1 Å². The average Bonchev–Trinajstić information content (AvgIpc) is 2.82. The van der Waals surface area contributed by atoms with E-state index in [0.717, 1.165) is 22.4 Å². The fourth-order valence-corrected chi connectivity index (χ4v) is 4.88.